The predicted molar refractivity (Wildman–Crippen MR) is 89.3 cm³/mol. The van der Waals surface area contributed by atoms with Crippen LogP contribution in [0.3, 0.4) is 0 Å². The van der Waals surface area contributed by atoms with Gasteiger partial charge < -0.3 is 14.7 Å². The van der Waals surface area contributed by atoms with Crippen LogP contribution in [-0.4, -0.2) is 18.3 Å². The van der Waals surface area contributed by atoms with Crippen LogP contribution in [0.15, 0.2) is 35.7 Å². The Bertz CT molecular complexity index is 564. The average molecular weight is 305 g/mol. The number of anilines is 1. The zero-order valence-corrected chi connectivity index (χ0v) is 13.9. The fraction of sp³-hybridized carbons (Fsp3) is 0.412. The molecule has 0 fully saturated rings. The topological polar surface area (TPSA) is 32.7 Å². The fourth-order valence-corrected chi connectivity index (χ4v) is 3.20. The summed E-state index contributed by atoms with van der Waals surface area (Å²) in [5.74, 6) is 0.735. The van der Waals surface area contributed by atoms with Gasteiger partial charge in [-0.15, -0.1) is 11.3 Å². The number of hydrogen-bond acceptors (Lipinski definition) is 4. The van der Waals surface area contributed by atoms with E-state index in [1.54, 1.807) is 25.4 Å². The van der Waals surface area contributed by atoms with Gasteiger partial charge in [-0.3, -0.25) is 0 Å². The highest BCUT2D eigenvalue weighted by atomic mass is 32.1. The molecule has 2 aromatic rings. The van der Waals surface area contributed by atoms with Crippen LogP contribution >= 0.6 is 11.3 Å². The van der Waals surface area contributed by atoms with Crippen molar-refractivity contribution in [2.75, 3.05) is 12.0 Å². The summed E-state index contributed by atoms with van der Waals surface area (Å²) in [5.41, 5.74) is 1.89. The number of ether oxygens (including phenoxy) is 1. The Hall–Kier alpha value is -1.52. The Kier molecular flexibility index (Phi) is 5.26. The third-order valence-corrected chi connectivity index (χ3v) is 4.38. The van der Waals surface area contributed by atoms with Gasteiger partial charge in [-0.1, -0.05) is 12.1 Å². The Balaban J connectivity index is 2.44. The van der Waals surface area contributed by atoms with Crippen LogP contribution < -0.4 is 9.64 Å². The minimum atomic E-state index is -0.569. The van der Waals surface area contributed by atoms with E-state index in [0.717, 1.165) is 23.5 Å². The largest absolute Gasteiger partial charge is 0.496 e. The standard InChI is InChI=1S/C17H23NO2S/c1-12(2)18(11-14-7-6-10-21-14)15-8-5-9-16(20-4)17(15)13(3)19/h5-10,12-13,19H,11H2,1-4H3/t13-/m1/s1. The summed E-state index contributed by atoms with van der Waals surface area (Å²) in [6, 6.07) is 10.5. The van der Waals surface area contributed by atoms with E-state index in [1.807, 2.05) is 12.1 Å². The van der Waals surface area contributed by atoms with E-state index in [4.69, 9.17) is 4.74 Å². The van der Waals surface area contributed by atoms with Crippen LogP contribution in [0.2, 0.25) is 0 Å². The number of methoxy groups -OCH3 is 1. The number of thiophene rings is 1. The first-order valence-corrected chi connectivity index (χ1v) is 8.06. The first-order valence-electron chi connectivity index (χ1n) is 7.18. The Morgan fingerprint density at radius 1 is 1.19 bits per heavy atom. The second kappa shape index (κ2) is 6.96. The SMILES string of the molecule is COc1cccc(N(Cc2cccs2)C(C)C)c1[C@@H](C)O. The molecule has 1 heterocycles. The maximum atomic E-state index is 10.2. The van der Waals surface area contributed by atoms with Crippen molar-refractivity contribution in [1.29, 1.82) is 0 Å². The van der Waals surface area contributed by atoms with Gasteiger partial charge in [-0.25, -0.2) is 0 Å². The van der Waals surface area contributed by atoms with Gasteiger partial charge in [0.25, 0.3) is 0 Å². The second-order valence-electron chi connectivity index (χ2n) is 5.37. The summed E-state index contributed by atoms with van der Waals surface area (Å²) in [7, 11) is 1.64. The lowest BCUT2D eigenvalue weighted by Crippen LogP contribution is -2.31. The van der Waals surface area contributed by atoms with E-state index in [9.17, 15) is 5.11 Å². The molecular formula is C17H23NO2S. The van der Waals surface area contributed by atoms with Crippen molar-refractivity contribution >= 4 is 17.0 Å². The molecule has 0 aliphatic rings. The highest BCUT2D eigenvalue weighted by Crippen LogP contribution is 2.36. The number of rotatable bonds is 6. The summed E-state index contributed by atoms with van der Waals surface area (Å²) in [6.07, 6.45) is -0.569. The Morgan fingerprint density at radius 3 is 2.48 bits per heavy atom. The molecule has 21 heavy (non-hydrogen) atoms. The quantitative estimate of drug-likeness (QED) is 0.867. The van der Waals surface area contributed by atoms with Gasteiger partial charge in [0, 0.05) is 22.2 Å². The van der Waals surface area contributed by atoms with Crippen molar-refractivity contribution in [3.8, 4) is 5.75 Å². The van der Waals surface area contributed by atoms with Gasteiger partial charge in [0.2, 0.25) is 0 Å². The lowest BCUT2D eigenvalue weighted by Gasteiger charge is -2.32. The summed E-state index contributed by atoms with van der Waals surface area (Å²) >= 11 is 1.75. The van der Waals surface area contributed by atoms with E-state index in [2.05, 4.69) is 42.3 Å². The van der Waals surface area contributed by atoms with E-state index in [-0.39, 0.29) is 0 Å². The van der Waals surface area contributed by atoms with Crippen molar-refractivity contribution in [2.24, 2.45) is 0 Å². The molecule has 3 nitrogen and oxygen atoms in total. The molecular weight excluding hydrogens is 282 g/mol. The molecule has 4 heteroatoms. The molecule has 0 saturated heterocycles. The van der Waals surface area contributed by atoms with E-state index in [1.165, 1.54) is 4.88 Å². The minimum absolute atomic E-state index is 0.330. The molecule has 1 aromatic carbocycles. The summed E-state index contributed by atoms with van der Waals surface area (Å²) in [6.45, 7) is 6.95. The molecule has 1 N–H and O–H groups in total. The number of hydrogen-bond donors (Lipinski definition) is 1. The Labute approximate surface area is 130 Å². The van der Waals surface area contributed by atoms with Gasteiger partial charge in [0.15, 0.2) is 0 Å². The van der Waals surface area contributed by atoms with E-state index >= 15 is 0 Å². The van der Waals surface area contributed by atoms with Crippen LogP contribution in [0.25, 0.3) is 0 Å². The van der Waals surface area contributed by atoms with Gasteiger partial charge in [0.05, 0.1) is 19.8 Å². The third-order valence-electron chi connectivity index (χ3n) is 3.52. The molecule has 1 aromatic heterocycles. The molecule has 0 saturated carbocycles. The maximum Gasteiger partial charge on any atom is 0.126 e. The molecule has 0 radical (unpaired) electrons. The highest BCUT2D eigenvalue weighted by Gasteiger charge is 2.21. The van der Waals surface area contributed by atoms with Gasteiger partial charge >= 0.3 is 0 Å². The van der Waals surface area contributed by atoms with Crippen molar-refractivity contribution in [1.82, 2.24) is 0 Å². The average Bonchev–Trinajstić information content (AvgIpc) is 2.96. The first kappa shape index (κ1) is 15.9. The Morgan fingerprint density at radius 2 is 1.95 bits per heavy atom. The zero-order valence-electron chi connectivity index (χ0n) is 13.0. The van der Waals surface area contributed by atoms with Crippen molar-refractivity contribution in [3.05, 3.63) is 46.2 Å². The second-order valence-corrected chi connectivity index (χ2v) is 6.40. The van der Waals surface area contributed by atoms with Gasteiger partial charge in [0.1, 0.15) is 5.75 Å². The molecule has 0 spiro atoms. The van der Waals surface area contributed by atoms with Crippen LogP contribution in [0, 0.1) is 0 Å². The third kappa shape index (κ3) is 3.57. The summed E-state index contributed by atoms with van der Waals surface area (Å²) in [4.78, 5) is 3.61. The number of aliphatic hydroxyl groups excluding tert-OH is 1. The normalized spacial score (nSPS) is 12.5. The highest BCUT2D eigenvalue weighted by molar-refractivity contribution is 7.09. The molecule has 2 rings (SSSR count). The van der Waals surface area contributed by atoms with Gasteiger partial charge in [-0.05, 0) is 44.4 Å². The number of benzene rings is 1. The van der Waals surface area contributed by atoms with Crippen LogP contribution in [0.1, 0.15) is 37.3 Å². The number of nitrogens with zero attached hydrogens (tertiary/aromatic N) is 1. The van der Waals surface area contributed by atoms with E-state index in [0.29, 0.717) is 6.04 Å². The minimum Gasteiger partial charge on any atom is -0.496 e. The van der Waals surface area contributed by atoms with Crippen molar-refractivity contribution in [2.45, 2.75) is 39.5 Å². The molecule has 0 bridgehead atoms. The number of aliphatic hydroxyl groups is 1. The van der Waals surface area contributed by atoms with Gasteiger partial charge in [-0.2, -0.15) is 0 Å². The lowest BCUT2D eigenvalue weighted by molar-refractivity contribution is 0.194. The summed E-state index contributed by atoms with van der Waals surface area (Å²) < 4.78 is 5.43. The fourth-order valence-electron chi connectivity index (χ4n) is 2.50. The van der Waals surface area contributed by atoms with Crippen molar-refractivity contribution in [3.63, 3.8) is 0 Å². The molecule has 0 amide bonds. The van der Waals surface area contributed by atoms with Crippen LogP contribution in [-0.2, 0) is 6.54 Å². The molecule has 0 aliphatic heterocycles. The summed E-state index contributed by atoms with van der Waals surface area (Å²) in [5, 5.41) is 12.3. The monoisotopic (exact) mass is 305 g/mol. The zero-order chi connectivity index (χ0) is 15.4. The molecule has 114 valence electrons. The molecule has 0 aliphatic carbocycles. The van der Waals surface area contributed by atoms with E-state index < -0.39 is 6.10 Å². The first-order chi connectivity index (χ1) is 10.0. The predicted octanol–water partition coefficient (Wildman–Crippen LogP) is 4.23. The maximum absolute atomic E-state index is 10.2. The van der Waals surface area contributed by atoms with Crippen LogP contribution in [0.5, 0.6) is 5.75 Å². The molecule has 0 unspecified atom stereocenters. The lowest BCUT2D eigenvalue weighted by atomic mass is 10.0. The molecule has 1 atom stereocenters. The smallest absolute Gasteiger partial charge is 0.126 e. The van der Waals surface area contributed by atoms with Crippen LogP contribution in [0.4, 0.5) is 5.69 Å². The van der Waals surface area contributed by atoms with Crippen molar-refractivity contribution < 1.29 is 9.84 Å².